The number of aromatic nitrogens is 2. The Morgan fingerprint density at radius 2 is 1.89 bits per heavy atom. The Labute approximate surface area is 158 Å². The fraction of sp³-hybridized carbons (Fsp3) is 0.190. The normalized spacial score (nSPS) is 10.9. The number of carbonyl (C=O) groups is 1. The molecule has 0 saturated heterocycles. The van der Waals surface area contributed by atoms with Gasteiger partial charge >= 0.3 is 0 Å². The molecule has 0 spiro atoms. The molecule has 0 fully saturated rings. The maximum atomic E-state index is 12.0. The summed E-state index contributed by atoms with van der Waals surface area (Å²) in [7, 11) is 0. The molecule has 1 aromatic heterocycles. The smallest absolute Gasteiger partial charge is 0.261 e. The number of rotatable bonds is 7. The topological polar surface area (TPSA) is 68.5 Å². The molecule has 1 heterocycles. The van der Waals surface area contributed by atoms with E-state index in [-0.39, 0.29) is 12.5 Å². The Hall–Kier alpha value is -3.41. The molecule has 3 aromatic rings. The van der Waals surface area contributed by atoms with Crippen LogP contribution in [0.2, 0.25) is 0 Å². The number of hydrazone groups is 1. The third-order valence-electron chi connectivity index (χ3n) is 3.95. The summed E-state index contributed by atoms with van der Waals surface area (Å²) in [5.41, 5.74) is 6.23. The Balaban J connectivity index is 1.58. The number of aryl methyl sites for hydroxylation is 2. The second-order valence-corrected chi connectivity index (χ2v) is 6.19. The van der Waals surface area contributed by atoms with Crippen LogP contribution in [0.15, 0.2) is 65.8 Å². The van der Waals surface area contributed by atoms with Crippen LogP contribution in [0.5, 0.6) is 5.75 Å². The molecule has 1 amide bonds. The number of carbonyl (C=O) groups excluding carboxylic acids is 1. The van der Waals surface area contributed by atoms with E-state index in [1.807, 2.05) is 74.5 Å². The fourth-order valence-electron chi connectivity index (χ4n) is 2.63. The van der Waals surface area contributed by atoms with Crippen molar-refractivity contribution in [2.24, 2.45) is 5.10 Å². The predicted molar refractivity (Wildman–Crippen MR) is 105 cm³/mol. The number of amides is 1. The zero-order valence-electron chi connectivity index (χ0n) is 15.4. The van der Waals surface area contributed by atoms with Gasteiger partial charge in [0.2, 0.25) is 0 Å². The molecule has 0 unspecified atom stereocenters. The highest BCUT2D eigenvalue weighted by Gasteiger charge is 2.06. The summed E-state index contributed by atoms with van der Waals surface area (Å²) in [6.45, 7) is 4.40. The molecule has 6 nitrogen and oxygen atoms in total. The quantitative estimate of drug-likeness (QED) is 0.518. The summed E-state index contributed by atoms with van der Waals surface area (Å²) in [5, 5.41) is 8.31. The van der Waals surface area contributed by atoms with Crippen LogP contribution in [-0.2, 0) is 17.9 Å². The average molecular weight is 362 g/mol. The predicted octanol–water partition coefficient (Wildman–Crippen LogP) is 3.23. The minimum atomic E-state index is -0.236. The molecule has 0 atom stereocenters. The van der Waals surface area contributed by atoms with Gasteiger partial charge in [0.05, 0.1) is 11.9 Å². The molecular weight excluding hydrogens is 340 g/mol. The summed E-state index contributed by atoms with van der Waals surface area (Å²) in [4.78, 5) is 12.0. The Bertz CT molecular complexity index is 932. The van der Waals surface area contributed by atoms with Crippen molar-refractivity contribution in [3.05, 3.63) is 83.2 Å². The minimum Gasteiger partial charge on any atom is -0.488 e. The second kappa shape index (κ2) is 8.80. The molecule has 6 heteroatoms. The van der Waals surface area contributed by atoms with Gasteiger partial charge < -0.3 is 4.74 Å². The van der Waals surface area contributed by atoms with Crippen molar-refractivity contribution in [3.63, 3.8) is 0 Å². The van der Waals surface area contributed by atoms with Crippen molar-refractivity contribution in [3.8, 4) is 5.75 Å². The molecule has 0 aliphatic carbocycles. The van der Waals surface area contributed by atoms with E-state index in [2.05, 4.69) is 15.6 Å². The summed E-state index contributed by atoms with van der Waals surface area (Å²) in [6, 6.07) is 19.4. The zero-order chi connectivity index (χ0) is 19.1. The van der Waals surface area contributed by atoms with E-state index in [0.29, 0.717) is 12.4 Å². The van der Waals surface area contributed by atoms with Crippen molar-refractivity contribution in [2.45, 2.75) is 27.0 Å². The van der Waals surface area contributed by atoms with Crippen molar-refractivity contribution < 1.29 is 9.53 Å². The van der Waals surface area contributed by atoms with Crippen LogP contribution in [0.25, 0.3) is 0 Å². The first kappa shape index (κ1) is 18.4. The first-order valence-electron chi connectivity index (χ1n) is 8.70. The van der Waals surface area contributed by atoms with Gasteiger partial charge in [0.15, 0.2) is 0 Å². The molecule has 2 aromatic carbocycles. The van der Waals surface area contributed by atoms with Crippen LogP contribution in [0, 0.1) is 13.8 Å². The largest absolute Gasteiger partial charge is 0.488 e. The Morgan fingerprint density at radius 1 is 1.15 bits per heavy atom. The summed E-state index contributed by atoms with van der Waals surface area (Å²) >= 11 is 0. The Morgan fingerprint density at radius 3 is 2.63 bits per heavy atom. The number of nitrogens with zero attached hydrogens (tertiary/aromatic N) is 3. The molecular formula is C21H22N4O2. The van der Waals surface area contributed by atoms with E-state index >= 15 is 0 Å². The Kier molecular flexibility index (Phi) is 5.99. The average Bonchev–Trinajstić information content (AvgIpc) is 2.98. The number of hydrogen-bond acceptors (Lipinski definition) is 4. The SMILES string of the molecule is Cc1cc(C)n(CC(=O)N/N=C/c2ccccc2OCc2ccccc2)n1. The van der Waals surface area contributed by atoms with Gasteiger partial charge in [0, 0.05) is 11.3 Å². The van der Waals surface area contributed by atoms with E-state index in [4.69, 9.17) is 4.74 Å². The zero-order valence-corrected chi connectivity index (χ0v) is 15.4. The lowest BCUT2D eigenvalue weighted by atomic mass is 10.2. The van der Waals surface area contributed by atoms with Crippen LogP contribution in [0.3, 0.4) is 0 Å². The maximum Gasteiger partial charge on any atom is 0.261 e. The molecule has 138 valence electrons. The second-order valence-electron chi connectivity index (χ2n) is 6.19. The standard InChI is InChI=1S/C21H22N4O2/c1-16-12-17(2)25(24-16)14-21(26)23-22-13-19-10-6-7-11-20(19)27-15-18-8-4-3-5-9-18/h3-13H,14-15H2,1-2H3,(H,23,26)/b22-13+. The monoisotopic (exact) mass is 362 g/mol. The highest BCUT2D eigenvalue weighted by molar-refractivity contribution is 5.85. The lowest BCUT2D eigenvalue weighted by Gasteiger charge is -2.09. The molecule has 0 aliphatic rings. The number of para-hydroxylation sites is 1. The molecule has 1 N–H and O–H groups in total. The molecule has 0 bridgehead atoms. The fourth-order valence-corrected chi connectivity index (χ4v) is 2.63. The summed E-state index contributed by atoms with van der Waals surface area (Å²) in [6.07, 6.45) is 1.58. The van der Waals surface area contributed by atoms with Crippen molar-refractivity contribution in [2.75, 3.05) is 0 Å². The van der Waals surface area contributed by atoms with Crippen LogP contribution in [-0.4, -0.2) is 21.9 Å². The van der Waals surface area contributed by atoms with Gasteiger partial charge in [-0.05, 0) is 37.6 Å². The van der Waals surface area contributed by atoms with Crippen LogP contribution in [0.1, 0.15) is 22.5 Å². The molecule has 27 heavy (non-hydrogen) atoms. The molecule has 0 saturated carbocycles. The lowest BCUT2D eigenvalue weighted by molar-refractivity contribution is -0.121. The van der Waals surface area contributed by atoms with Gasteiger partial charge in [-0.2, -0.15) is 10.2 Å². The number of ether oxygens (including phenoxy) is 1. The van der Waals surface area contributed by atoms with E-state index < -0.39 is 0 Å². The lowest BCUT2D eigenvalue weighted by Crippen LogP contribution is -2.24. The summed E-state index contributed by atoms with van der Waals surface area (Å²) in [5.74, 6) is 0.470. The number of benzene rings is 2. The molecule has 3 rings (SSSR count). The van der Waals surface area contributed by atoms with E-state index in [1.54, 1.807) is 10.9 Å². The van der Waals surface area contributed by atoms with Gasteiger partial charge in [0.25, 0.3) is 5.91 Å². The van der Waals surface area contributed by atoms with Gasteiger partial charge in [-0.15, -0.1) is 0 Å². The van der Waals surface area contributed by atoms with E-state index in [0.717, 1.165) is 22.5 Å². The van der Waals surface area contributed by atoms with E-state index in [9.17, 15) is 4.79 Å². The maximum absolute atomic E-state index is 12.0. The highest BCUT2D eigenvalue weighted by Crippen LogP contribution is 2.17. The third kappa shape index (κ3) is 5.28. The van der Waals surface area contributed by atoms with Crippen LogP contribution >= 0.6 is 0 Å². The molecule has 0 aliphatic heterocycles. The number of hydrogen-bond donors (Lipinski definition) is 1. The van der Waals surface area contributed by atoms with Crippen molar-refractivity contribution in [1.82, 2.24) is 15.2 Å². The van der Waals surface area contributed by atoms with Gasteiger partial charge in [-0.25, -0.2) is 5.43 Å². The van der Waals surface area contributed by atoms with Gasteiger partial charge in [0.1, 0.15) is 18.9 Å². The summed E-state index contributed by atoms with van der Waals surface area (Å²) < 4.78 is 7.53. The minimum absolute atomic E-state index is 0.128. The van der Waals surface area contributed by atoms with Crippen molar-refractivity contribution >= 4 is 12.1 Å². The van der Waals surface area contributed by atoms with E-state index in [1.165, 1.54) is 0 Å². The van der Waals surface area contributed by atoms with Crippen molar-refractivity contribution in [1.29, 1.82) is 0 Å². The third-order valence-corrected chi connectivity index (χ3v) is 3.95. The first-order chi connectivity index (χ1) is 13.1. The number of nitrogens with one attached hydrogen (secondary N) is 1. The van der Waals surface area contributed by atoms with Gasteiger partial charge in [-0.1, -0.05) is 42.5 Å². The van der Waals surface area contributed by atoms with Gasteiger partial charge in [-0.3, -0.25) is 9.48 Å². The first-order valence-corrected chi connectivity index (χ1v) is 8.70. The van der Waals surface area contributed by atoms with Crippen LogP contribution < -0.4 is 10.2 Å². The highest BCUT2D eigenvalue weighted by atomic mass is 16.5. The molecule has 0 radical (unpaired) electrons. The van der Waals surface area contributed by atoms with Crippen LogP contribution in [0.4, 0.5) is 0 Å².